The Morgan fingerprint density at radius 2 is 1.41 bits per heavy atom. The molecule has 1 fully saturated rings. The number of allylic oxidation sites excluding steroid dienone is 1. The maximum Gasteiger partial charge on any atom is 0.410 e. The number of aliphatic hydroxyl groups excluding tert-OH is 1. The summed E-state index contributed by atoms with van der Waals surface area (Å²) in [6.45, 7) is 17.4. The van der Waals surface area contributed by atoms with Gasteiger partial charge in [-0.1, -0.05) is 112 Å². The molecule has 3 aliphatic heterocycles. The first-order chi connectivity index (χ1) is 47.3. The lowest BCUT2D eigenvalue weighted by Gasteiger charge is -2.35. The topological polar surface area (TPSA) is 331 Å². The molecule has 0 bridgehead atoms. The van der Waals surface area contributed by atoms with E-state index in [4.69, 9.17) is 29.0 Å². The number of benzene rings is 4. The summed E-state index contributed by atoms with van der Waals surface area (Å²) < 4.78 is 72.6. The molecule has 0 saturated carbocycles. The summed E-state index contributed by atoms with van der Waals surface area (Å²) in [5.41, 5.74) is 5.93. The van der Waals surface area contributed by atoms with Crippen LogP contribution >= 0.6 is 18.9 Å². The van der Waals surface area contributed by atoms with Gasteiger partial charge in [-0.3, -0.25) is 61.7 Å². The van der Waals surface area contributed by atoms with E-state index >= 15 is 8.78 Å². The fraction of sp³-hybridized carbons (Fsp3) is 0.479. The van der Waals surface area contributed by atoms with E-state index < -0.39 is 144 Å². The molecule has 8 rings (SSSR count). The number of aryl methyl sites for hydroxylation is 2. The number of carbonyl (C=O) groups is 9. The van der Waals surface area contributed by atoms with Crippen molar-refractivity contribution in [2.75, 3.05) is 25.0 Å². The van der Waals surface area contributed by atoms with Gasteiger partial charge in [0.1, 0.15) is 24.2 Å². The number of halogens is 2. The number of hydrogen-bond donors (Lipinski definition) is 6. The third kappa shape index (κ3) is 19.7. The van der Waals surface area contributed by atoms with Crippen LogP contribution in [-0.4, -0.2) is 131 Å². The zero-order valence-electron chi connectivity index (χ0n) is 58.9. The van der Waals surface area contributed by atoms with Crippen molar-refractivity contribution in [1.82, 2.24) is 31.2 Å². The number of nitrogens with two attached hydrogens (primary N) is 1. The minimum absolute atomic E-state index is 0.0351. The van der Waals surface area contributed by atoms with Crippen LogP contribution in [0.25, 0.3) is 16.0 Å². The van der Waals surface area contributed by atoms with Crippen molar-refractivity contribution < 1.29 is 84.9 Å². The number of aromatic nitrogens is 1. The van der Waals surface area contributed by atoms with Crippen LogP contribution in [0.15, 0.2) is 103 Å². The van der Waals surface area contributed by atoms with Gasteiger partial charge >= 0.3 is 25.2 Å². The fourth-order valence-corrected chi connectivity index (χ4v) is 13.8. The Labute approximate surface area is 590 Å². The van der Waals surface area contributed by atoms with E-state index in [2.05, 4.69) is 26.3 Å². The maximum absolute atomic E-state index is 16.3. The summed E-state index contributed by atoms with van der Waals surface area (Å²) in [6, 6.07) is 19.6. The van der Waals surface area contributed by atoms with Crippen molar-refractivity contribution in [2.24, 2.45) is 22.0 Å². The van der Waals surface area contributed by atoms with E-state index in [-0.39, 0.29) is 69.4 Å². The molecule has 4 aromatic carbocycles. The molecule has 24 nitrogen and oxygen atoms in total. The predicted octanol–water partition coefficient (Wildman–Crippen LogP) is 8.99. The van der Waals surface area contributed by atoms with E-state index in [1.165, 1.54) is 76.5 Å². The lowest BCUT2D eigenvalue weighted by molar-refractivity contribution is -0.163. The Bertz CT molecular complexity index is 3920. The van der Waals surface area contributed by atoms with Crippen LogP contribution in [0.5, 0.6) is 0 Å². The molecule has 0 aliphatic carbocycles. The van der Waals surface area contributed by atoms with Crippen molar-refractivity contribution in [1.29, 1.82) is 0 Å². The number of para-hydroxylation sites is 1. The summed E-state index contributed by atoms with van der Waals surface area (Å²) in [7, 11) is -5.62. The second-order valence-electron chi connectivity index (χ2n) is 28.8. The number of aliphatic hydroxyl groups is 1. The van der Waals surface area contributed by atoms with Gasteiger partial charge in [-0.2, -0.15) is 8.78 Å². The summed E-state index contributed by atoms with van der Waals surface area (Å²) >= 11 is 1.54. The SMILES string of the molecule is C/C(=C\C(=O)N[C@H]1CCc2cccc3c2N(C1=O)[C@H](C(=O)N[C@@H](CCC(N)=O)[C@@H](C)OCc1ccc(CC(=O)N[C@H](C(=O)N2C[C@H](O)C[C@H]2C(=O)NCc2ccc(-c4scnc4C)cc2)C(C)(C)C)cc1)C3)c1ccc(C(F)(F)P(=O)(OCOC(=O)C(C)(C)C)OCOC(=O)C(C)(C)C)cc1. The molecule has 7 amide bonds. The number of thiazole rings is 1. The van der Waals surface area contributed by atoms with Gasteiger partial charge in [0.25, 0.3) is 0 Å². The molecule has 1 saturated heterocycles. The number of hydrogen-bond acceptors (Lipinski definition) is 18. The molecule has 7 atom stereocenters. The summed E-state index contributed by atoms with van der Waals surface area (Å²) in [4.78, 5) is 130. The molecule has 7 N–H and O–H groups in total. The molecule has 4 heterocycles. The van der Waals surface area contributed by atoms with Crippen LogP contribution in [0.3, 0.4) is 0 Å². The highest BCUT2D eigenvalue weighted by atomic mass is 32.1. The number of rotatable bonds is 28. The first-order valence-corrected chi connectivity index (χ1v) is 35.8. The second-order valence-corrected chi connectivity index (χ2v) is 31.8. The molecule has 101 heavy (non-hydrogen) atoms. The number of β-amino-alcohol motifs (C(OH)–C–C–N with tert-alkyl or cyclic N) is 1. The van der Waals surface area contributed by atoms with Crippen LogP contribution in [0.4, 0.5) is 14.5 Å². The van der Waals surface area contributed by atoms with Gasteiger partial charge in [0.15, 0.2) is 0 Å². The largest absolute Gasteiger partial charge is 0.438 e. The van der Waals surface area contributed by atoms with Gasteiger partial charge in [0.2, 0.25) is 54.9 Å². The number of primary amides is 1. The van der Waals surface area contributed by atoms with Gasteiger partial charge in [-0.05, 0) is 132 Å². The number of anilines is 1. The van der Waals surface area contributed by atoms with E-state index in [9.17, 15) is 52.8 Å². The van der Waals surface area contributed by atoms with Crippen LogP contribution in [0.1, 0.15) is 146 Å². The number of amides is 7. The van der Waals surface area contributed by atoms with Crippen molar-refractivity contribution in [2.45, 2.75) is 189 Å². The van der Waals surface area contributed by atoms with Gasteiger partial charge in [0.05, 0.1) is 63.9 Å². The number of alkyl halides is 2. The van der Waals surface area contributed by atoms with Gasteiger partial charge in [-0.25, -0.2) is 4.98 Å². The average molecular weight is 1440 g/mol. The van der Waals surface area contributed by atoms with Crippen LogP contribution in [-0.2, 0) is 109 Å². The lowest BCUT2D eigenvalue weighted by Crippen LogP contribution is -2.58. The number of likely N-dealkylation sites (tertiary alicyclic amines) is 1. The van der Waals surface area contributed by atoms with Gasteiger partial charge < -0.3 is 51.2 Å². The molecule has 0 spiro atoms. The zero-order valence-corrected chi connectivity index (χ0v) is 60.7. The molecule has 5 aromatic rings. The average Bonchev–Trinajstić information content (AvgIpc) is 1.64. The standard InChI is InChI=1S/C73H91F2N8O16PS/c1-42(48-24-27-52(28-25-48)73(74,75)100(94,98-40-96-68(92)71(7,8)9)99-41-97-69(93)72(10,11)12)32-59(86)79-55-29-26-49-14-13-15-51-34-57(83(61(49)51)66(55)90)65(89)80-54(30-31-58(76)85)44(3)95-38-47-18-16-45(17-19-47)33-60(87)81-63(70(4,5)6)67(91)82-37-53(84)35-56(82)64(88)77-36-46-20-22-50(23-21-46)62-43(2)78-39-101-62/h13-25,27-28,32,39,44,53-57,63,84H,26,29-31,33-38,40-41H2,1-12H3,(H2,76,85)(H,77,88)(H,79,86)(H,80,89)(H,81,87)/b42-32+/t44-,53-,54+,55+,56+,57+,63-/m1/s1. The predicted molar refractivity (Wildman–Crippen MR) is 373 cm³/mol. The summed E-state index contributed by atoms with van der Waals surface area (Å²) in [5.74, 6) is -5.51. The lowest BCUT2D eigenvalue weighted by atomic mass is 9.85. The van der Waals surface area contributed by atoms with Crippen LogP contribution < -0.4 is 31.9 Å². The highest BCUT2D eigenvalue weighted by Crippen LogP contribution is 2.67. The Morgan fingerprint density at radius 1 is 0.802 bits per heavy atom. The second kappa shape index (κ2) is 32.6. The van der Waals surface area contributed by atoms with E-state index in [1.807, 2.05) is 49.4 Å². The smallest absolute Gasteiger partial charge is 0.410 e. The summed E-state index contributed by atoms with van der Waals surface area (Å²) in [6.07, 6.45) is 0.0306. The monoisotopic (exact) mass is 1440 g/mol. The Balaban J connectivity index is 0.868. The summed E-state index contributed by atoms with van der Waals surface area (Å²) in [5, 5.41) is 22.4. The van der Waals surface area contributed by atoms with Crippen molar-refractivity contribution in [3.8, 4) is 10.4 Å². The van der Waals surface area contributed by atoms with Gasteiger partial charge in [0, 0.05) is 44.0 Å². The third-order valence-corrected chi connectivity index (χ3v) is 20.5. The molecule has 28 heteroatoms. The van der Waals surface area contributed by atoms with E-state index in [0.717, 1.165) is 45.0 Å². The quantitative estimate of drug-likeness (QED) is 0.0118. The zero-order chi connectivity index (χ0) is 74.1. The normalized spacial score (nSPS) is 18.2. The molecule has 0 unspecified atom stereocenters. The molecule has 1 aromatic heterocycles. The molecule has 3 aliphatic rings. The number of nitrogens with one attached hydrogen (secondary N) is 4. The van der Waals surface area contributed by atoms with Crippen LogP contribution in [0.2, 0.25) is 0 Å². The van der Waals surface area contributed by atoms with Crippen LogP contribution in [0, 0.1) is 23.2 Å². The number of ether oxygens (including phenoxy) is 3. The fourth-order valence-electron chi connectivity index (χ4n) is 11.8. The minimum atomic E-state index is -5.62. The Kier molecular flexibility index (Phi) is 25.2. The molecular weight excluding hydrogens is 1350 g/mol. The Morgan fingerprint density at radius 3 is 1.99 bits per heavy atom. The highest BCUT2D eigenvalue weighted by molar-refractivity contribution is 7.54. The number of nitrogens with zero attached hydrogens (tertiary/aromatic N) is 3. The van der Waals surface area contributed by atoms with Crippen molar-refractivity contribution in [3.63, 3.8) is 0 Å². The van der Waals surface area contributed by atoms with Crippen molar-refractivity contribution >= 4 is 83.5 Å². The van der Waals surface area contributed by atoms with E-state index in [1.54, 1.807) is 68.8 Å². The number of carbonyl (C=O) groups excluding carboxylic acids is 9. The first-order valence-electron chi connectivity index (χ1n) is 33.3. The third-order valence-electron chi connectivity index (χ3n) is 17.7. The highest BCUT2D eigenvalue weighted by Gasteiger charge is 2.56. The minimum Gasteiger partial charge on any atom is -0.438 e. The first kappa shape index (κ1) is 78.1. The van der Waals surface area contributed by atoms with E-state index in [0.29, 0.717) is 23.2 Å². The Hall–Kier alpha value is -8.59. The molecular formula is C73H91F2N8O16PS. The number of esters is 2. The molecule has 0 radical (unpaired) electrons. The van der Waals surface area contributed by atoms with Crippen molar-refractivity contribution in [3.05, 3.63) is 147 Å². The van der Waals surface area contributed by atoms with Gasteiger partial charge in [-0.15, -0.1) is 11.3 Å². The maximum atomic E-state index is 16.3. The molecule has 544 valence electrons.